The molecular weight excluding hydrogens is 298 g/mol. The van der Waals surface area contributed by atoms with Crippen molar-refractivity contribution in [2.24, 2.45) is 0 Å². The molecule has 0 unspecified atom stereocenters. The van der Waals surface area contributed by atoms with Gasteiger partial charge < -0.3 is 19.7 Å². The average molecular weight is 319 g/mol. The van der Waals surface area contributed by atoms with Crippen LogP contribution < -0.4 is 10.2 Å². The van der Waals surface area contributed by atoms with Crippen LogP contribution in [0.4, 0.5) is 16.2 Å². The molecule has 2 amide bonds. The molecule has 7 heteroatoms. The molecule has 0 aromatic heterocycles. The summed E-state index contributed by atoms with van der Waals surface area (Å²) in [4.78, 5) is 27.5. The number of morpholine rings is 1. The monoisotopic (exact) mass is 319 g/mol. The second kappa shape index (κ2) is 7.32. The van der Waals surface area contributed by atoms with Gasteiger partial charge in [0.15, 0.2) is 0 Å². The molecule has 2 fully saturated rings. The molecule has 0 radical (unpaired) electrons. The Bertz CT molecular complexity index is 572. The summed E-state index contributed by atoms with van der Waals surface area (Å²) in [6.07, 6.45) is 0.330. The van der Waals surface area contributed by atoms with Crippen LogP contribution in [0.25, 0.3) is 0 Å². The molecule has 2 saturated heterocycles. The van der Waals surface area contributed by atoms with Crippen molar-refractivity contribution in [2.45, 2.75) is 6.42 Å². The molecule has 0 saturated carbocycles. The first-order chi connectivity index (χ1) is 11.2. The van der Waals surface area contributed by atoms with Gasteiger partial charge >= 0.3 is 6.09 Å². The molecule has 23 heavy (non-hydrogen) atoms. The minimum absolute atomic E-state index is 0.0102. The van der Waals surface area contributed by atoms with Crippen molar-refractivity contribution in [3.63, 3.8) is 0 Å². The van der Waals surface area contributed by atoms with Gasteiger partial charge in [-0.15, -0.1) is 0 Å². The second-order valence-corrected chi connectivity index (χ2v) is 5.55. The molecule has 1 aromatic carbocycles. The zero-order chi connectivity index (χ0) is 16.1. The number of ether oxygens (including phenoxy) is 2. The van der Waals surface area contributed by atoms with Gasteiger partial charge in [0.1, 0.15) is 6.54 Å². The lowest BCUT2D eigenvalue weighted by atomic mass is 10.2. The van der Waals surface area contributed by atoms with E-state index < -0.39 is 6.09 Å². The van der Waals surface area contributed by atoms with E-state index in [2.05, 4.69) is 10.2 Å². The molecular formula is C16H21N3O4. The minimum atomic E-state index is -0.423. The summed E-state index contributed by atoms with van der Waals surface area (Å²) in [5, 5.41) is 2.90. The van der Waals surface area contributed by atoms with Gasteiger partial charge in [-0.1, -0.05) is 12.1 Å². The maximum atomic E-state index is 12.3. The maximum absolute atomic E-state index is 12.3. The molecule has 7 nitrogen and oxygen atoms in total. The van der Waals surface area contributed by atoms with Crippen LogP contribution in [0.2, 0.25) is 0 Å². The third-order valence-corrected chi connectivity index (χ3v) is 3.92. The summed E-state index contributed by atoms with van der Waals surface area (Å²) in [7, 11) is 0. The summed E-state index contributed by atoms with van der Waals surface area (Å²) in [6, 6.07) is 7.69. The van der Waals surface area contributed by atoms with Crippen LogP contribution in [0.5, 0.6) is 0 Å². The number of hydrogen-bond acceptors (Lipinski definition) is 5. The number of para-hydroxylation sites is 2. The fraction of sp³-hybridized carbons (Fsp3) is 0.500. The Morgan fingerprint density at radius 3 is 2.70 bits per heavy atom. The van der Waals surface area contributed by atoms with Crippen molar-refractivity contribution in [3.05, 3.63) is 24.3 Å². The number of carbonyl (C=O) groups excluding carboxylic acids is 2. The SMILES string of the molecule is O=C(CN1CCCOC1=O)Nc1ccccc1N1CCOCC1. The first-order valence-corrected chi connectivity index (χ1v) is 7.87. The van der Waals surface area contributed by atoms with Gasteiger partial charge in [-0.3, -0.25) is 9.69 Å². The van der Waals surface area contributed by atoms with Gasteiger partial charge in [-0.2, -0.15) is 0 Å². The highest BCUT2D eigenvalue weighted by molar-refractivity contribution is 5.96. The Kier molecular flexibility index (Phi) is 4.97. The van der Waals surface area contributed by atoms with Crippen LogP contribution >= 0.6 is 0 Å². The lowest BCUT2D eigenvalue weighted by Gasteiger charge is -2.31. The highest BCUT2D eigenvalue weighted by Crippen LogP contribution is 2.26. The van der Waals surface area contributed by atoms with Gasteiger partial charge in [-0.25, -0.2) is 4.79 Å². The van der Waals surface area contributed by atoms with Crippen molar-refractivity contribution >= 4 is 23.4 Å². The first-order valence-electron chi connectivity index (χ1n) is 7.87. The topological polar surface area (TPSA) is 71.1 Å². The van der Waals surface area contributed by atoms with Gasteiger partial charge in [0.2, 0.25) is 5.91 Å². The molecule has 2 aliphatic rings. The largest absolute Gasteiger partial charge is 0.449 e. The highest BCUT2D eigenvalue weighted by Gasteiger charge is 2.23. The predicted octanol–water partition coefficient (Wildman–Crippen LogP) is 1.30. The van der Waals surface area contributed by atoms with Crippen LogP contribution in [-0.2, 0) is 14.3 Å². The van der Waals surface area contributed by atoms with Gasteiger partial charge in [0, 0.05) is 19.6 Å². The van der Waals surface area contributed by atoms with Crippen LogP contribution in [-0.4, -0.2) is 62.9 Å². The molecule has 2 aliphatic heterocycles. The number of carbonyl (C=O) groups is 2. The second-order valence-electron chi connectivity index (χ2n) is 5.55. The summed E-state index contributed by atoms with van der Waals surface area (Å²) in [5.41, 5.74) is 1.73. The zero-order valence-electron chi connectivity index (χ0n) is 13.0. The fourth-order valence-corrected chi connectivity index (χ4v) is 2.76. The lowest BCUT2D eigenvalue weighted by molar-refractivity contribution is -0.117. The summed E-state index contributed by atoms with van der Waals surface area (Å²) in [5.74, 6) is -0.218. The van der Waals surface area contributed by atoms with E-state index in [4.69, 9.17) is 9.47 Å². The maximum Gasteiger partial charge on any atom is 0.410 e. The Hall–Kier alpha value is -2.28. The fourth-order valence-electron chi connectivity index (χ4n) is 2.76. The molecule has 3 rings (SSSR count). The van der Waals surface area contributed by atoms with Gasteiger partial charge in [0.25, 0.3) is 0 Å². The van der Waals surface area contributed by atoms with E-state index in [1.54, 1.807) is 0 Å². The van der Waals surface area contributed by atoms with Crippen molar-refractivity contribution in [3.8, 4) is 0 Å². The molecule has 0 spiro atoms. The molecule has 1 aromatic rings. The quantitative estimate of drug-likeness (QED) is 0.906. The Balaban J connectivity index is 1.65. The van der Waals surface area contributed by atoms with Gasteiger partial charge in [-0.05, 0) is 18.6 Å². The third kappa shape index (κ3) is 3.92. The first kappa shape index (κ1) is 15.6. The van der Waals surface area contributed by atoms with Crippen LogP contribution in [0.1, 0.15) is 6.42 Å². The van der Waals surface area contributed by atoms with Crippen LogP contribution in [0.3, 0.4) is 0 Å². The normalized spacial score (nSPS) is 18.5. The number of hydrogen-bond donors (Lipinski definition) is 1. The summed E-state index contributed by atoms with van der Waals surface area (Å²) >= 11 is 0. The minimum Gasteiger partial charge on any atom is -0.449 e. The van der Waals surface area contributed by atoms with Crippen LogP contribution in [0.15, 0.2) is 24.3 Å². The summed E-state index contributed by atoms with van der Waals surface area (Å²) in [6.45, 7) is 3.95. The molecule has 0 atom stereocenters. The van der Waals surface area contributed by atoms with E-state index in [0.29, 0.717) is 26.4 Å². The predicted molar refractivity (Wildman–Crippen MR) is 85.6 cm³/mol. The van der Waals surface area contributed by atoms with Gasteiger partial charge in [0.05, 0.1) is 31.2 Å². The number of anilines is 2. The number of nitrogens with zero attached hydrogens (tertiary/aromatic N) is 2. The zero-order valence-corrected chi connectivity index (χ0v) is 13.0. The molecule has 0 aliphatic carbocycles. The Morgan fingerprint density at radius 1 is 1.13 bits per heavy atom. The molecule has 0 bridgehead atoms. The van der Waals surface area contributed by atoms with E-state index in [-0.39, 0.29) is 12.5 Å². The number of nitrogens with one attached hydrogen (secondary N) is 1. The van der Waals surface area contributed by atoms with E-state index in [1.165, 1.54) is 4.90 Å². The summed E-state index contributed by atoms with van der Waals surface area (Å²) < 4.78 is 10.3. The lowest BCUT2D eigenvalue weighted by Crippen LogP contribution is -2.42. The smallest absolute Gasteiger partial charge is 0.410 e. The number of benzene rings is 1. The van der Waals surface area contributed by atoms with Crippen molar-refractivity contribution < 1.29 is 19.1 Å². The molecule has 124 valence electrons. The average Bonchev–Trinajstić information content (AvgIpc) is 2.58. The van der Waals surface area contributed by atoms with E-state index in [0.717, 1.165) is 30.9 Å². The standard InChI is InChI=1S/C16H21N3O4/c20-15(12-19-6-3-9-23-16(19)21)17-13-4-1-2-5-14(13)18-7-10-22-11-8-18/h1-2,4-5H,3,6-12H2,(H,17,20). The number of cyclic esters (lactones) is 1. The third-order valence-electron chi connectivity index (χ3n) is 3.92. The number of rotatable bonds is 4. The number of amides is 2. The molecule has 2 heterocycles. The van der Waals surface area contributed by atoms with E-state index >= 15 is 0 Å². The van der Waals surface area contributed by atoms with E-state index in [1.807, 2.05) is 24.3 Å². The van der Waals surface area contributed by atoms with Crippen molar-refractivity contribution in [1.29, 1.82) is 0 Å². The van der Waals surface area contributed by atoms with Crippen LogP contribution in [0, 0.1) is 0 Å². The molecule has 1 N–H and O–H groups in total. The highest BCUT2D eigenvalue weighted by atomic mass is 16.6. The Morgan fingerprint density at radius 2 is 1.91 bits per heavy atom. The Labute approximate surface area is 135 Å². The van der Waals surface area contributed by atoms with E-state index in [9.17, 15) is 9.59 Å². The van der Waals surface area contributed by atoms with Crippen molar-refractivity contribution in [2.75, 3.05) is 56.2 Å². The van der Waals surface area contributed by atoms with Crippen molar-refractivity contribution in [1.82, 2.24) is 4.90 Å².